The van der Waals surface area contributed by atoms with E-state index in [2.05, 4.69) is 4.99 Å². The topological polar surface area (TPSA) is 110 Å². The second-order valence-corrected chi connectivity index (χ2v) is 5.11. The molecule has 2 aromatic rings. The summed E-state index contributed by atoms with van der Waals surface area (Å²) in [6.07, 6.45) is 0.126. The van der Waals surface area contributed by atoms with Crippen molar-refractivity contribution in [1.82, 2.24) is 0 Å². The molecule has 0 saturated heterocycles. The first-order valence-electron chi connectivity index (χ1n) is 6.95. The summed E-state index contributed by atoms with van der Waals surface area (Å²) in [5.74, 6) is -1.35. The monoisotopic (exact) mass is 315 g/mol. The van der Waals surface area contributed by atoms with Gasteiger partial charge in [0.25, 0.3) is 0 Å². The van der Waals surface area contributed by atoms with Crippen LogP contribution >= 0.6 is 0 Å². The minimum atomic E-state index is -1.12. The number of benzene rings is 2. The number of aliphatic imine (C=N–C) groups is 1. The minimum Gasteiger partial charge on any atom is -0.508 e. The van der Waals surface area contributed by atoms with Crippen molar-refractivity contribution >= 4 is 11.7 Å². The van der Waals surface area contributed by atoms with Gasteiger partial charge in [0, 0.05) is 12.1 Å². The lowest BCUT2D eigenvalue weighted by Crippen LogP contribution is -2.22. The summed E-state index contributed by atoms with van der Waals surface area (Å²) in [5.41, 5.74) is 1.05. The highest BCUT2D eigenvalue weighted by atomic mass is 16.4. The predicted octanol–water partition coefficient (Wildman–Crippen LogP) is 2.31. The summed E-state index contributed by atoms with van der Waals surface area (Å²) in [5, 5.41) is 38.2. The molecule has 0 aliphatic rings. The number of aliphatic carboxylic acids is 1. The molecule has 0 aliphatic carbocycles. The van der Waals surface area contributed by atoms with Crippen molar-refractivity contribution < 1.29 is 25.2 Å². The molecule has 0 spiro atoms. The van der Waals surface area contributed by atoms with Crippen molar-refractivity contribution in [2.75, 3.05) is 0 Å². The number of carboxylic acid groups (broad SMARTS) is 1. The summed E-state index contributed by atoms with van der Waals surface area (Å²) >= 11 is 0. The third-order valence-electron chi connectivity index (χ3n) is 3.38. The van der Waals surface area contributed by atoms with Crippen LogP contribution in [0.4, 0.5) is 0 Å². The van der Waals surface area contributed by atoms with Gasteiger partial charge in [-0.1, -0.05) is 18.2 Å². The zero-order chi connectivity index (χ0) is 17.0. The van der Waals surface area contributed by atoms with Gasteiger partial charge in [-0.05, 0) is 36.8 Å². The Morgan fingerprint density at radius 2 is 1.61 bits per heavy atom. The van der Waals surface area contributed by atoms with Crippen LogP contribution < -0.4 is 0 Å². The maximum atomic E-state index is 11.4. The number of nitrogens with zero attached hydrogens (tertiary/aromatic N) is 1. The lowest BCUT2D eigenvalue weighted by Gasteiger charge is -2.12. The fourth-order valence-corrected chi connectivity index (χ4v) is 2.24. The van der Waals surface area contributed by atoms with Gasteiger partial charge in [0.15, 0.2) is 6.04 Å². The van der Waals surface area contributed by atoms with Crippen LogP contribution in [0, 0.1) is 0 Å². The molecule has 2 rings (SSSR count). The van der Waals surface area contributed by atoms with Crippen LogP contribution in [0.1, 0.15) is 18.1 Å². The second kappa shape index (κ2) is 6.83. The first kappa shape index (κ1) is 16.4. The van der Waals surface area contributed by atoms with E-state index in [0.29, 0.717) is 5.56 Å². The van der Waals surface area contributed by atoms with Gasteiger partial charge >= 0.3 is 5.97 Å². The van der Waals surface area contributed by atoms with Crippen LogP contribution in [0.2, 0.25) is 0 Å². The molecule has 0 heterocycles. The van der Waals surface area contributed by atoms with Gasteiger partial charge in [-0.3, -0.25) is 4.99 Å². The van der Waals surface area contributed by atoms with E-state index in [-0.39, 0.29) is 34.9 Å². The van der Waals surface area contributed by atoms with Gasteiger partial charge in [0.2, 0.25) is 0 Å². The third kappa shape index (κ3) is 4.00. The average molecular weight is 315 g/mol. The first-order chi connectivity index (χ1) is 10.9. The fourth-order valence-electron chi connectivity index (χ4n) is 2.24. The molecule has 2 aromatic carbocycles. The molecule has 0 bridgehead atoms. The molecule has 6 heteroatoms. The summed E-state index contributed by atoms with van der Waals surface area (Å²) in [6, 6.07) is 9.37. The van der Waals surface area contributed by atoms with Crippen molar-refractivity contribution in [2.24, 2.45) is 4.99 Å². The summed E-state index contributed by atoms with van der Waals surface area (Å²) < 4.78 is 0. The Labute approximate surface area is 133 Å². The Morgan fingerprint density at radius 1 is 1.04 bits per heavy atom. The zero-order valence-corrected chi connectivity index (χ0v) is 12.5. The highest BCUT2D eigenvalue weighted by molar-refractivity contribution is 6.04. The average Bonchev–Trinajstić information content (AvgIpc) is 2.48. The molecule has 0 radical (unpaired) electrons. The molecule has 0 aliphatic heterocycles. The van der Waals surface area contributed by atoms with E-state index < -0.39 is 12.0 Å². The van der Waals surface area contributed by atoms with Gasteiger partial charge in [0.1, 0.15) is 17.2 Å². The number of hydrogen-bond acceptors (Lipinski definition) is 5. The van der Waals surface area contributed by atoms with Crippen LogP contribution in [0.25, 0.3) is 0 Å². The number of aromatic hydroxyl groups is 3. The Morgan fingerprint density at radius 3 is 2.13 bits per heavy atom. The van der Waals surface area contributed by atoms with Crippen LogP contribution in [0.3, 0.4) is 0 Å². The van der Waals surface area contributed by atoms with Crippen molar-refractivity contribution in [3.63, 3.8) is 0 Å². The molecule has 0 saturated carbocycles. The van der Waals surface area contributed by atoms with Gasteiger partial charge in [0.05, 0.1) is 5.56 Å². The Hall–Kier alpha value is -3.02. The lowest BCUT2D eigenvalue weighted by atomic mass is 10.0. The molecule has 120 valence electrons. The smallest absolute Gasteiger partial charge is 0.328 e. The number of phenols is 3. The maximum absolute atomic E-state index is 11.4. The molecular weight excluding hydrogens is 298 g/mol. The molecule has 6 nitrogen and oxygen atoms in total. The summed E-state index contributed by atoms with van der Waals surface area (Å²) in [4.78, 5) is 15.5. The molecular formula is C17H17NO5. The number of carbonyl (C=O) groups is 1. The predicted molar refractivity (Wildman–Crippen MR) is 85.2 cm³/mol. The largest absolute Gasteiger partial charge is 0.508 e. The van der Waals surface area contributed by atoms with Crippen molar-refractivity contribution in [1.29, 1.82) is 0 Å². The van der Waals surface area contributed by atoms with E-state index in [1.165, 1.54) is 37.3 Å². The van der Waals surface area contributed by atoms with E-state index in [1.54, 1.807) is 12.1 Å². The standard InChI is InChI=1S/C17H17NO5/c1-10(16-14(20)3-2-4-15(16)21)18-13(17(22)23)9-11-5-7-12(19)8-6-11/h2-8,13,19-21H,9H2,1H3,(H,22,23). The Balaban J connectivity index is 2.31. The first-order valence-corrected chi connectivity index (χ1v) is 6.95. The molecule has 0 fully saturated rings. The second-order valence-electron chi connectivity index (χ2n) is 5.11. The van der Waals surface area contributed by atoms with Crippen molar-refractivity contribution in [2.45, 2.75) is 19.4 Å². The van der Waals surface area contributed by atoms with E-state index in [9.17, 15) is 25.2 Å². The lowest BCUT2D eigenvalue weighted by molar-refractivity contribution is -0.138. The van der Waals surface area contributed by atoms with E-state index in [0.717, 1.165) is 0 Å². The highest BCUT2D eigenvalue weighted by Crippen LogP contribution is 2.27. The van der Waals surface area contributed by atoms with Crippen LogP contribution in [0.5, 0.6) is 17.2 Å². The molecule has 1 atom stereocenters. The molecule has 23 heavy (non-hydrogen) atoms. The number of carboxylic acids is 1. The maximum Gasteiger partial charge on any atom is 0.328 e. The van der Waals surface area contributed by atoms with Crippen molar-refractivity contribution in [3.8, 4) is 17.2 Å². The quantitative estimate of drug-likeness (QED) is 0.633. The minimum absolute atomic E-state index is 0.0967. The highest BCUT2D eigenvalue weighted by Gasteiger charge is 2.19. The van der Waals surface area contributed by atoms with E-state index in [1.807, 2.05) is 0 Å². The molecule has 0 amide bonds. The van der Waals surface area contributed by atoms with Gasteiger partial charge in [-0.25, -0.2) is 4.79 Å². The Kier molecular flexibility index (Phi) is 4.85. The van der Waals surface area contributed by atoms with Gasteiger partial charge < -0.3 is 20.4 Å². The summed E-state index contributed by atoms with van der Waals surface area (Å²) in [7, 11) is 0. The number of phenolic OH excluding ortho intramolecular Hbond substituents is 3. The van der Waals surface area contributed by atoms with Gasteiger partial charge in [-0.15, -0.1) is 0 Å². The molecule has 4 N–H and O–H groups in total. The zero-order valence-electron chi connectivity index (χ0n) is 12.5. The molecule has 0 aromatic heterocycles. The van der Waals surface area contributed by atoms with Crippen LogP contribution in [-0.2, 0) is 11.2 Å². The molecule has 1 unspecified atom stereocenters. The number of rotatable bonds is 5. The normalized spacial score (nSPS) is 12.8. The SMILES string of the molecule is CC(=NC(Cc1ccc(O)cc1)C(=O)O)c1c(O)cccc1O. The Bertz CT molecular complexity index is 717. The van der Waals surface area contributed by atoms with E-state index >= 15 is 0 Å². The van der Waals surface area contributed by atoms with E-state index in [4.69, 9.17) is 0 Å². The van der Waals surface area contributed by atoms with Crippen molar-refractivity contribution in [3.05, 3.63) is 53.6 Å². The van der Waals surface area contributed by atoms with Gasteiger partial charge in [-0.2, -0.15) is 0 Å². The van der Waals surface area contributed by atoms with Crippen LogP contribution in [0.15, 0.2) is 47.5 Å². The third-order valence-corrected chi connectivity index (χ3v) is 3.38. The summed E-state index contributed by atoms with van der Waals surface area (Å²) in [6.45, 7) is 1.53. The fraction of sp³-hybridized carbons (Fsp3) is 0.176. The number of hydrogen-bond donors (Lipinski definition) is 4. The van der Waals surface area contributed by atoms with Crippen LogP contribution in [-0.4, -0.2) is 38.1 Å².